The highest BCUT2D eigenvalue weighted by molar-refractivity contribution is 5.95. The number of hydrogen-bond acceptors (Lipinski definition) is 5. The van der Waals surface area contributed by atoms with Crippen molar-refractivity contribution >= 4 is 28.4 Å². The molecule has 1 saturated heterocycles. The van der Waals surface area contributed by atoms with Crippen LogP contribution < -0.4 is 4.90 Å². The van der Waals surface area contributed by atoms with Crippen molar-refractivity contribution in [3.63, 3.8) is 0 Å². The number of carbonyl (C=O) groups excluding carboxylic acids is 1. The minimum absolute atomic E-state index is 0.0614. The molecule has 180 valence electrons. The van der Waals surface area contributed by atoms with Crippen molar-refractivity contribution in [1.82, 2.24) is 24.5 Å². The third-order valence-corrected chi connectivity index (χ3v) is 6.76. The molecule has 1 amide bonds. The first-order valence-corrected chi connectivity index (χ1v) is 12.1. The van der Waals surface area contributed by atoms with Gasteiger partial charge in [0.15, 0.2) is 5.65 Å². The normalized spacial score (nSPS) is 16.1. The molecule has 8 heteroatoms. The number of halogens is 1. The molecule has 0 saturated carbocycles. The van der Waals surface area contributed by atoms with Crippen LogP contribution in [-0.2, 0) is 6.42 Å². The molecule has 7 nitrogen and oxygen atoms in total. The summed E-state index contributed by atoms with van der Waals surface area (Å²) in [4.78, 5) is 22.2. The number of fused-ring (bicyclic) bond motifs is 3. The Kier molecular flexibility index (Phi) is 5.56. The van der Waals surface area contributed by atoms with Crippen molar-refractivity contribution in [3.05, 3.63) is 102 Å². The lowest BCUT2D eigenvalue weighted by atomic mass is 10.1. The predicted molar refractivity (Wildman–Crippen MR) is 137 cm³/mol. The van der Waals surface area contributed by atoms with Crippen LogP contribution >= 0.6 is 0 Å². The summed E-state index contributed by atoms with van der Waals surface area (Å²) < 4.78 is 15.4. The Morgan fingerprint density at radius 3 is 2.47 bits per heavy atom. The molecule has 3 heterocycles. The molecule has 0 radical (unpaired) electrons. The van der Waals surface area contributed by atoms with Gasteiger partial charge in [-0.2, -0.15) is 0 Å². The van der Waals surface area contributed by atoms with Crippen LogP contribution in [0.3, 0.4) is 0 Å². The summed E-state index contributed by atoms with van der Waals surface area (Å²) >= 11 is 0. The van der Waals surface area contributed by atoms with Gasteiger partial charge in [-0.05, 0) is 48.9 Å². The van der Waals surface area contributed by atoms with E-state index in [-0.39, 0.29) is 17.8 Å². The van der Waals surface area contributed by atoms with Gasteiger partial charge in [-0.15, -0.1) is 10.2 Å². The van der Waals surface area contributed by atoms with Crippen LogP contribution in [0.15, 0.2) is 78.9 Å². The maximum Gasteiger partial charge on any atom is 0.254 e. The summed E-state index contributed by atoms with van der Waals surface area (Å²) in [6.07, 6.45) is 0.633. The molecule has 1 atom stereocenters. The lowest BCUT2D eigenvalue weighted by Gasteiger charge is -2.40. The number of nitrogens with zero attached hydrogens (tertiary/aromatic N) is 6. The lowest BCUT2D eigenvalue weighted by molar-refractivity contribution is 0.0673. The molecule has 1 aliphatic heterocycles. The van der Waals surface area contributed by atoms with E-state index in [1.54, 1.807) is 0 Å². The molecule has 1 aliphatic rings. The van der Waals surface area contributed by atoms with Crippen LogP contribution in [0.25, 0.3) is 16.6 Å². The number of anilines is 1. The smallest absolute Gasteiger partial charge is 0.254 e. The van der Waals surface area contributed by atoms with Crippen molar-refractivity contribution in [2.24, 2.45) is 0 Å². The first-order chi connectivity index (χ1) is 17.6. The highest BCUT2D eigenvalue weighted by Gasteiger charge is 2.30. The van der Waals surface area contributed by atoms with E-state index < -0.39 is 0 Å². The second kappa shape index (κ2) is 9.03. The Bertz CT molecular complexity index is 1550. The quantitative estimate of drug-likeness (QED) is 0.383. The molecule has 0 bridgehead atoms. The fraction of sp³-hybridized carbons (Fsp3) is 0.214. The zero-order valence-corrected chi connectivity index (χ0v) is 19.9. The van der Waals surface area contributed by atoms with Gasteiger partial charge in [0.1, 0.15) is 11.6 Å². The molecule has 1 fully saturated rings. The Morgan fingerprint density at radius 2 is 1.69 bits per heavy atom. The van der Waals surface area contributed by atoms with Gasteiger partial charge < -0.3 is 9.80 Å². The van der Waals surface area contributed by atoms with E-state index in [1.165, 1.54) is 24.3 Å². The lowest BCUT2D eigenvalue weighted by Crippen LogP contribution is -2.54. The number of piperazine rings is 1. The van der Waals surface area contributed by atoms with Crippen molar-refractivity contribution < 1.29 is 9.18 Å². The van der Waals surface area contributed by atoms with Gasteiger partial charge >= 0.3 is 0 Å². The fourth-order valence-electron chi connectivity index (χ4n) is 4.92. The second-order valence-electron chi connectivity index (χ2n) is 9.17. The highest BCUT2D eigenvalue weighted by Crippen LogP contribution is 2.27. The monoisotopic (exact) mass is 480 g/mol. The SMILES string of the molecule is CC1CN(c2nc3ccccc3c3nnc(Cc4ccccc4)n23)CCN1C(=O)c1ccc(F)cc1. The number of para-hydroxylation sites is 1. The summed E-state index contributed by atoms with van der Waals surface area (Å²) in [6, 6.07) is 23.8. The van der Waals surface area contributed by atoms with Crippen molar-refractivity contribution in [3.8, 4) is 0 Å². The van der Waals surface area contributed by atoms with Gasteiger partial charge in [-0.25, -0.2) is 13.8 Å². The molecule has 0 aliphatic carbocycles. The minimum Gasteiger partial charge on any atom is -0.338 e. The number of benzene rings is 3. The summed E-state index contributed by atoms with van der Waals surface area (Å²) in [5.74, 6) is 1.16. The van der Waals surface area contributed by atoms with Crippen molar-refractivity contribution in [2.45, 2.75) is 19.4 Å². The Hall–Kier alpha value is -4.33. The molecule has 5 aromatic rings. The predicted octanol–water partition coefficient (Wildman–Crippen LogP) is 4.36. The van der Waals surface area contributed by atoms with Gasteiger partial charge in [0.25, 0.3) is 5.91 Å². The molecule has 3 aromatic carbocycles. The van der Waals surface area contributed by atoms with Crippen molar-refractivity contribution in [2.75, 3.05) is 24.5 Å². The van der Waals surface area contributed by atoms with Crippen LogP contribution in [0.1, 0.15) is 28.7 Å². The largest absolute Gasteiger partial charge is 0.338 e. The van der Waals surface area contributed by atoms with Crippen LogP contribution in [-0.4, -0.2) is 56.1 Å². The van der Waals surface area contributed by atoms with Crippen LogP contribution in [0.4, 0.5) is 10.3 Å². The van der Waals surface area contributed by atoms with E-state index in [1.807, 2.05) is 54.3 Å². The third-order valence-electron chi connectivity index (χ3n) is 6.76. The molecule has 1 unspecified atom stereocenters. The van der Waals surface area contributed by atoms with Gasteiger partial charge in [0.05, 0.1) is 5.52 Å². The van der Waals surface area contributed by atoms with Crippen LogP contribution in [0.5, 0.6) is 0 Å². The Labute approximate surface area is 207 Å². The molecule has 0 spiro atoms. The minimum atomic E-state index is -0.351. The molecular weight excluding hydrogens is 455 g/mol. The number of amides is 1. The molecule has 2 aromatic heterocycles. The maximum atomic E-state index is 13.3. The average molecular weight is 481 g/mol. The number of aromatic nitrogens is 4. The van der Waals surface area contributed by atoms with E-state index in [4.69, 9.17) is 4.98 Å². The topological polar surface area (TPSA) is 66.6 Å². The van der Waals surface area contributed by atoms with Gasteiger partial charge in [0, 0.05) is 43.0 Å². The summed E-state index contributed by atoms with van der Waals surface area (Å²) in [5, 5.41) is 10.1. The van der Waals surface area contributed by atoms with E-state index in [0.717, 1.165) is 33.9 Å². The van der Waals surface area contributed by atoms with Crippen molar-refractivity contribution in [1.29, 1.82) is 0 Å². The number of hydrogen-bond donors (Lipinski definition) is 0. The van der Waals surface area contributed by atoms with E-state index in [9.17, 15) is 9.18 Å². The first-order valence-electron chi connectivity index (χ1n) is 12.1. The summed E-state index contributed by atoms with van der Waals surface area (Å²) in [6.45, 7) is 3.78. The Morgan fingerprint density at radius 1 is 0.944 bits per heavy atom. The van der Waals surface area contributed by atoms with E-state index in [0.29, 0.717) is 31.6 Å². The zero-order chi connectivity index (χ0) is 24.6. The summed E-state index contributed by atoms with van der Waals surface area (Å²) in [5.41, 5.74) is 3.27. The van der Waals surface area contributed by atoms with E-state index >= 15 is 0 Å². The molecule has 36 heavy (non-hydrogen) atoms. The van der Waals surface area contributed by atoms with Gasteiger partial charge in [-0.3, -0.25) is 4.79 Å². The van der Waals surface area contributed by atoms with E-state index in [2.05, 4.69) is 31.6 Å². The van der Waals surface area contributed by atoms with Gasteiger partial charge in [0.2, 0.25) is 5.95 Å². The fourth-order valence-corrected chi connectivity index (χ4v) is 4.92. The standard InChI is InChI=1S/C28H25FN6O/c1-19-18-33(15-16-34(19)27(36)21-11-13-22(29)14-12-21)28-30-24-10-6-5-9-23(24)26-32-31-25(35(26)28)17-20-7-3-2-4-8-20/h2-14,19H,15-18H2,1H3. The zero-order valence-electron chi connectivity index (χ0n) is 19.9. The number of carbonyl (C=O) groups is 1. The maximum absolute atomic E-state index is 13.3. The average Bonchev–Trinajstić information content (AvgIpc) is 3.33. The number of rotatable bonds is 4. The first kappa shape index (κ1) is 22.2. The molecular formula is C28H25FN6O. The Balaban J connectivity index is 1.36. The van der Waals surface area contributed by atoms with Crippen LogP contribution in [0, 0.1) is 5.82 Å². The second-order valence-corrected chi connectivity index (χ2v) is 9.17. The van der Waals surface area contributed by atoms with Crippen LogP contribution in [0.2, 0.25) is 0 Å². The highest BCUT2D eigenvalue weighted by atomic mass is 19.1. The molecule has 0 N–H and O–H groups in total. The summed E-state index contributed by atoms with van der Waals surface area (Å²) in [7, 11) is 0. The third kappa shape index (κ3) is 3.94. The molecule has 6 rings (SSSR count). The van der Waals surface area contributed by atoms with Gasteiger partial charge in [-0.1, -0.05) is 42.5 Å².